The summed E-state index contributed by atoms with van der Waals surface area (Å²) in [6, 6.07) is 0. The number of halogens is 1. The third-order valence-corrected chi connectivity index (χ3v) is 5.03. The average molecular weight is 313 g/mol. The van der Waals surface area contributed by atoms with E-state index in [-0.39, 0.29) is 11.7 Å². The Balaban J connectivity index is 2.54. The first-order chi connectivity index (χ1) is 6.91. The summed E-state index contributed by atoms with van der Waals surface area (Å²) < 4.78 is 30.3. The zero-order chi connectivity index (χ0) is 11.5. The summed E-state index contributed by atoms with van der Waals surface area (Å²) in [6.45, 7) is 4.06. The Morgan fingerprint density at radius 1 is 1.60 bits per heavy atom. The average Bonchev–Trinajstić information content (AvgIpc) is 2.45. The van der Waals surface area contributed by atoms with Gasteiger partial charge in [-0.25, -0.2) is 13.1 Å². The molecule has 0 aliphatic rings. The summed E-state index contributed by atoms with van der Waals surface area (Å²) in [5.74, 6) is 0.288. The Labute approximate surface area is 102 Å². The lowest BCUT2D eigenvalue weighted by Gasteiger charge is -2.07. The first kappa shape index (κ1) is 13.1. The number of hydrogen-bond acceptors (Lipinski definition) is 4. The van der Waals surface area contributed by atoms with Gasteiger partial charge in [0.1, 0.15) is 0 Å². The van der Waals surface area contributed by atoms with Crippen LogP contribution in [0.15, 0.2) is 10.7 Å². The monoisotopic (exact) mass is 312 g/mol. The Kier molecular flexibility index (Phi) is 4.69. The molecule has 1 aromatic heterocycles. The first-order valence-corrected chi connectivity index (χ1v) is 7.69. The van der Waals surface area contributed by atoms with E-state index in [0.29, 0.717) is 6.54 Å². The summed E-state index contributed by atoms with van der Waals surface area (Å²) in [4.78, 5) is 0.891. The number of nitrogens with one attached hydrogen (secondary N) is 1. The van der Waals surface area contributed by atoms with Gasteiger partial charge in [-0.3, -0.25) is 0 Å². The van der Waals surface area contributed by atoms with E-state index in [2.05, 4.69) is 25.0 Å². The van der Waals surface area contributed by atoms with Crippen molar-refractivity contribution in [2.24, 2.45) is 5.92 Å². The largest absolute Gasteiger partial charge is 0.212 e. The van der Waals surface area contributed by atoms with Crippen molar-refractivity contribution in [2.75, 3.05) is 5.75 Å². The van der Waals surface area contributed by atoms with E-state index in [1.54, 1.807) is 6.20 Å². The van der Waals surface area contributed by atoms with Gasteiger partial charge in [0.2, 0.25) is 10.0 Å². The second-order valence-electron chi connectivity index (χ2n) is 3.59. The van der Waals surface area contributed by atoms with Crippen molar-refractivity contribution in [3.63, 3.8) is 0 Å². The fourth-order valence-electron chi connectivity index (χ4n) is 1.04. The molecule has 4 nitrogen and oxygen atoms in total. The van der Waals surface area contributed by atoms with Crippen molar-refractivity contribution < 1.29 is 8.42 Å². The van der Waals surface area contributed by atoms with Crippen LogP contribution in [0.2, 0.25) is 0 Å². The van der Waals surface area contributed by atoms with E-state index in [1.165, 1.54) is 11.5 Å². The van der Waals surface area contributed by atoms with Crippen molar-refractivity contribution in [1.29, 1.82) is 0 Å². The van der Waals surface area contributed by atoms with Crippen LogP contribution >= 0.6 is 27.5 Å². The molecule has 0 bridgehead atoms. The topological polar surface area (TPSA) is 59.1 Å². The Morgan fingerprint density at radius 2 is 2.27 bits per heavy atom. The summed E-state index contributed by atoms with van der Waals surface area (Å²) in [5, 5.41) is 0. The van der Waals surface area contributed by atoms with Gasteiger partial charge in [0.15, 0.2) is 0 Å². The standard InChI is InChI=1S/C8H13BrN2O2S2/c1-6(2)5-15(12,13)11-4-8-7(9)3-10-14-8/h3,6,11H,4-5H2,1-2H3. The van der Waals surface area contributed by atoms with Gasteiger partial charge in [-0.1, -0.05) is 13.8 Å². The van der Waals surface area contributed by atoms with Gasteiger partial charge >= 0.3 is 0 Å². The molecule has 1 aromatic rings. The number of rotatable bonds is 5. The van der Waals surface area contributed by atoms with Crippen LogP contribution in [0.4, 0.5) is 0 Å². The van der Waals surface area contributed by atoms with Gasteiger partial charge in [0.25, 0.3) is 0 Å². The smallest absolute Gasteiger partial charge is 0.212 e. The summed E-state index contributed by atoms with van der Waals surface area (Å²) in [6.07, 6.45) is 1.66. The van der Waals surface area contributed by atoms with Crippen LogP contribution in [0.25, 0.3) is 0 Å². The highest BCUT2D eigenvalue weighted by atomic mass is 79.9. The van der Waals surface area contributed by atoms with Crippen molar-refractivity contribution in [3.05, 3.63) is 15.5 Å². The van der Waals surface area contributed by atoms with Crippen molar-refractivity contribution in [2.45, 2.75) is 20.4 Å². The molecule has 0 amide bonds. The van der Waals surface area contributed by atoms with Gasteiger partial charge < -0.3 is 0 Å². The van der Waals surface area contributed by atoms with Gasteiger partial charge in [0.05, 0.1) is 21.3 Å². The molecule has 0 spiro atoms. The number of nitrogens with zero attached hydrogens (tertiary/aromatic N) is 1. The fourth-order valence-corrected chi connectivity index (χ4v) is 3.65. The lowest BCUT2D eigenvalue weighted by molar-refractivity contribution is 0.568. The van der Waals surface area contributed by atoms with Crippen molar-refractivity contribution in [3.8, 4) is 0 Å². The third kappa shape index (κ3) is 4.58. The molecule has 15 heavy (non-hydrogen) atoms. The first-order valence-electron chi connectivity index (χ1n) is 4.47. The molecule has 0 unspecified atom stereocenters. The zero-order valence-corrected chi connectivity index (χ0v) is 11.7. The maximum absolute atomic E-state index is 11.5. The molecule has 1 heterocycles. The fraction of sp³-hybridized carbons (Fsp3) is 0.625. The molecule has 7 heteroatoms. The molecule has 0 aromatic carbocycles. The molecule has 0 fully saturated rings. The van der Waals surface area contributed by atoms with Crippen LogP contribution in [-0.4, -0.2) is 18.5 Å². The predicted molar refractivity (Wildman–Crippen MR) is 65.3 cm³/mol. The minimum atomic E-state index is -3.17. The van der Waals surface area contributed by atoms with Gasteiger partial charge in [-0.15, -0.1) is 0 Å². The molecule has 0 aliphatic carbocycles. The quantitative estimate of drug-likeness (QED) is 0.904. The van der Waals surface area contributed by atoms with Gasteiger partial charge in [0, 0.05) is 6.54 Å². The molecule has 0 atom stereocenters. The molecule has 0 radical (unpaired) electrons. The number of aromatic nitrogens is 1. The van der Waals surface area contributed by atoms with E-state index in [4.69, 9.17) is 0 Å². The van der Waals surface area contributed by atoms with Crippen LogP contribution in [0.3, 0.4) is 0 Å². The minimum Gasteiger partial charge on any atom is -0.212 e. The van der Waals surface area contributed by atoms with Crippen LogP contribution in [-0.2, 0) is 16.6 Å². The van der Waals surface area contributed by atoms with Crippen molar-refractivity contribution in [1.82, 2.24) is 9.10 Å². The van der Waals surface area contributed by atoms with E-state index < -0.39 is 10.0 Å². The Hall–Kier alpha value is 0.0200. The van der Waals surface area contributed by atoms with Crippen LogP contribution in [0, 0.1) is 5.92 Å². The minimum absolute atomic E-state index is 0.132. The highest BCUT2D eigenvalue weighted by Gasteiger charge is 2.13. The van der Waals surface area contributed by atoms with Crippen LogP contribution in [0.1, 0.15) is 18.7 Å². The highest BCUT2D eigenvalue weighted by Crippen LogP contribution is 2.19. The molecule has 0 aliphatic heterocycles. The lowest BCUT2D eigenvalue weighted by Crippen LogP contribution is -2.27. The zero-order valence-electron chi connectivity index (χ0n) is 8.53. The molecule has 86 valence electrons. The summed E-state index contributed by atoms with van der Waals surface area (Å²) in [5.41, 5.74) is 0. The van der Waals surface area contributed by atoms with Gasteiger partial charge in [-0.2, -0.15) is 4.37 Å². The lowest BCUT2D eigenvalue weighted by atomic mass is 10.3. The van der Waals surface area contributed by atoms with Gasteiger partial charge in [-0.05, 0) is 33.4 Å². The van der Waals surface area contributed by atoms with E-state index in [1.807, 2.05) is 13.8 Å². The van der Waals surface area contributed by atoms with E-state index in [9.17, 15) is 8.42 Å². The van der Waals surface area contributed by atoms with Crippen LogP contribution in [0.5, 0.6) is 0 Å². The highest BCUT2D eigenvalue weighted by molar-refractivity contribution is 9.10. The number of sulfonamides is 1. The second-order valence-corrected chi connectivity index (χ2v) is 7.19. The number of hydrogen-bond donors (Lipinski definition) is 1. The van der Waals surface area contributed by atoms with Crippen LogP contribution < -0.4 is 4.72 Å². The maximum Gasteiger partial charge on any atom is 0.212 e. The SMILES string of the molecule is CC(C)CS(=O)(=O)NCc1sncc1Br. The summed E-state index contributed by atoms with van der Waals surface area (Å²) >= 11 is 4.58. The molecule has 1 N–H and O–H groups in total. The second kappa shape index (κ2) is 5.38. The van der Waals surface area contributed by atoms with E-state index >= 15 is 0 Å². The Bertz CT molecular complexity index is 414. The molecule has 0 saturated carbocycles. The van der Waals surface area contributed by atoms with E-state index in [0.717, 1.165) is 9.35 Å². The van der Waals surface area contributed by atoms with Crippen molar-refractivity contribution >= 4 is 37.5 Å². The summed E-state index contributed by atoms with van der Waals surface area (Å²) in [7, 11) is -3.17. The maximum atomic E-state index is 11.5. The third-order valence-electron chi connectivity index (χ3n) is 1.60. The predicted octanol–water partition coefficient (Wildman–Crippen LogP) is 1.98. The Morgan fingerprint density at radius 3 is 2.73 bits per heavy atom. The molecule has 0 saturated heterocycles. The molecule has 1 rings (SSSR count). The molecular weight excluding hydrogens is 300 g/mol. The normalized spacial score (nSPS) is 12.3. The molecular formula is C8H13BrN2O2S2.